The molecule has 0 unspecified atom stereocenters. The number of hydrogen-bond donors (Lipinski definition) is 2. The molecule has 0 amide bonds. The van der Waals surface area contributed by atoms with Crippen molar-refractivity contribution in [2.24, 2.45) is 17.1 Å². The lowest BCUT2D eigenvalue weighted by atomic mass is 9.91. The molecule has 1 saturated heterocycles. The maximum Gasteiger partial charge on any atom is 0.0484 e. The largest absolute Gasteiger partial charge is 0.381 e. The highest BCUT2D eigenvalue weighted by atomic mass is 16.5. The van der Waals surface area contributed by atoms with Gasteiger partial charge < -0.3 is 15.8 Å². The Morgan fingerprint density at radius 1 is 1.06 bits per heavy atom. The van der Waals surface area contributed by atoms with Crippen LogP contribution in [0, 0.1) is 11.3 Å². The molecular formula is C13H24N2O. The van der Waals surface area contributed by atoms with Crippen LogP contribution in [0.15, 0.2) is 0 Å². The zero-order chi connectivity index (χ0) is 11.1. The minimum Gasteiger partial charge on any atom is -0.381 e. The van der Waals surface area contributed by atoms with Crippen molar-refractivity contribution in [2.75, 3.05) is 26.3 Å². The van der Waals surface area contributed by atoms with E-state index in [0.717, 1.165) is 38.5 Å². The third-order valence-electron chi connectivity index (χ3n) is 4.78. The van der Waals surface area contributed by atoms with Crippen molar-refractivity contribution in [1.82, 2.24) is 5.32 Å². The average Bonchev–Trinajstić information content (AvgIpc) is 3.13. The van der Waals surface area contributed by atoms with E-state index < -0.39 is 0 Å². The van der Waals surface area contributed by atoms with Crippen LogP contribution in [0.25, 0.3) is 0 Å². The molecule has 0 atom stereocenters. The smallest absolute Gasteiger partial charge is 0.0484 e. The van der Waals surface area contributed by atoms with Gasteiger partial charge in [0.1, 0.15) is 0 Å². The minimum atomic E-state index is -0.00210. The minimum absolute atomic E-state index is 0.00210. The first-order chi connectivity index (χ1) is 7.73. The van der Waals surface area contributed by atoms with Gasteiger partial charge in [0.15, 0.2) is 0 Å². The maximum absolute atomic E-state index is 6.36. The first kappa shape index (κ1) is 11.0. The van der Waals surface area contributed by atoms with E-state index in [1.54, 1.807) is 0 Å². The van der Waals surface area contributed by atoms with Gasteiger partial charge in [0, 0.05) is 31.8 Å². The van der Waals surface area contributed by atoms with E-state index in [0.29, 0.717) is 5.41 Å². The highest BCUT2D eigenvalue weighted by Crippen LogP contribution is 2.60. The molecular weight excluding hydrogens is 200 g/mol. The van der Waals surface area contributed by atoms with Gasteiger partial charge in [-0.1, -0.05) is 0 Å². The lowest BCUT2D eigenvalue weighted by Crippen LogP contribution is -2.53. The number of rotatable bonds is 5. The quantitative estimate of drug-likeness (QED) is 0.739. The molecule has 0 aromatic heterocycles. The van der Waals surface area contributed by atoms with Crippen molar-refractivity contribution >= 4 is 0 Å². The van der Waals surface area contributed by atoms with Crippen molar-refractivity contribution in [3.05, 3.63) is 0 Å². The van der Waals surface area contributed by atoms with Gasteiger partial charge in [-0.15, -0.1) is 0 Å². The van der Waals surface area contributed by atoms with Crippen molar-refractivity contribution in [3.8, 4) is 0 Å². The molecule has 0 spiro atoms. The summed E-state index contributed by atoms with van der Waals surface area (Å²) in [6.07, 6.45) is 7.87. The van der Waals surface area contributed by atoms with Gasteiger partial charge in [-0.25, -0.2) is 0 Å². The summed E-state index contributed by atoms with van der Waals surface area (Å²) in [4.78, 5) is 0. The summed E-state index contributed by atoms with van der Waals surface area (Å²) in [6, 6.07) is 0. The van der Waals surface area contributed by atoms with E-state index in [4.69, 9.17) is 10.5 Å². The van der Waals surface area contributed by atoms with E-state index in [1.807, 2.05) is 0 Å². The molecule has 16 heavy (non-hydrogen) atoms. The molecule has 3 nitrogen and oxygen atoms in total. The third-order valence-corrected chi connectivity index (χ3v) is 4.78. The molecule has 1 heterocycles. The highest BCUT2D eigenvalue weighted by Gasteiger charge is 2.53. The van der Waals surface area contributed by atoms with Crippen LogP contribution in [0.5, 0.6) is 0 Å². The standard InChI is InChI=1S/C13H24N2O/c14-13(5-7-16-8-6-13)10-15-9-12(3-4-12)11-1-2-11/h11,15H,1-10,14H2. The van der Waals surface area contributed by atoms with Gasteiger partial charge in [0.25, 0.3) is 0 Å². The molecule has 3 aliphatic rings. The Hall–Kier alpha value is -0.120. The van der Waals surface area contributed by atoms with Crippen LogP contribution in [0.4, 0.5) is 0 Å². The fourth-order valence-corrected chi connectivity index (χ4v) is 3.10. The molecule has 3 heteroatoms. The summed E-state index contributed by atoms with van der Waals surface area (Å²) in [7, 11) is 0. The Bertz CT molecular complexity index is 253. The summed E-state index contributed by atoms with van der Waals surface area (Å²) in [6.45, 7) is 3.86. The Morgan fingerprint density at radius 3 is 2.31 bits per heavy atom. The number of nitrogens with two attached hydrogens (primary N) is 1. The molecule has 0 bridgehead atoms. The first-order valence-corrected chi connectivity index (χ1v) is 6.80. The summed E-state index contributed by atoms with van der Waals surface area (Å²) in [5, 5.41) is 3.64. The fraction of sp³-hybridized carbons (Fsp3) is 1.00. The topological polar surface area (TPSA) is 47.3 Å². The second-order valence-corrected chi connectivity index (χ2v) is 6.21. The molecule has 3 N–H and O–H groups in total. The van der Waals surface area contributed by atoms with Gasteiger partial charge in [-0.05, 0) is 49.9 Å². The van der Waals surface area contributed by atoms with Gasteiger partial charge in [0.2, 0.25) is 0 Å². The SMILES string of the molecule is NC1(CNCC2(C3CC3)CC2)CCOCC1. The molecule has 3 rings (SSSR count). The van der Waals surface area contributed by atoms with E-state index in [9.17, 15) is 0 Å². The second kappa shape index (κ2) is 3.97. The molecule has 0 aromatic carbocycles. The van der Waals surface area contributed by atoms with Crippen LogP contribution in [0.3, 0.4) is 0 Å². The summed E-state index contributed by atoms with van der Waals surface area (Å²) < 4.78 is 5.36. The molecule has 0 aromatic rings. The highest BCUT2D eigenvalue weighted by molar-refractivity contribution is 5.05. The zero-order valence-electron chi connectivity index (χ0n) is 10.1. The van der Waals surface area contributed by atoms with E-state index in [2.05, 4.69) is 5.32 Å². The maximum atomic E-state index is 6.36. The Morgan fingerprint density at radius 2 is 1.75 bits per heavy atom. The van der Waals surface area contributed by atoms with E-state index in [-0.39, 0.29) is 5.54 Å². The molecule has 2 saturated carbocycles. The number of nitrogens with one attached hydrogen (secondary N) is 1. The van der Waals surface area contributed by atoms with Gasteiger partial charge >= 0.3 is 0 Å². The third kappa shape index (κ3) is 2.27. The van der Waals surface area contributed by atoms with E-state index >= 15 is 0 Å². The van der Waals surface area contributed by atoms with Crippen molar-refractivity contribution in [3.63, 3.8) is 0 Å². The number of ether oxygens (including phenoxy) is 1. The predicted octanol–water partition coefficient (Wildman–Crippen LogP) is 1.27. The molecule has 92 valence electrons. The molecule has 2 aliphatic carbocycles. The normalized spacial score (nSPS) is 31.3. The van der Waals surface area contributed by atoms with Gasteiger partial charge in [-0.3, -0.25) is 0 Å². The average molecular weight is 224 g/mol. The van der Waals surface area contributed by atoms with Crippen molar-refractivity contribution < 1.29 is 4.74 Å². The zero-order valence-corrected chi connectivity index (χ0v) is 10.1. The summed E-state index contributed by atoms with van der Waals surface area (Å²) in [5.41, 5.74) is 7.05. The van der Waals surface area contributed by atoms with Gasteiger partial charge in [-0.2, -0.15) is 0 Å². The van der Waals surface area contributed by atoms with E-state index in [1.165, 1.54) is 32.2 Å². The Labute approximate surface area is 98.1 Å². The molecule has 0 radical (unpaired) electrons. The van der Waals surface area contributed by atoms with Crippen LogP contribution in [0.2, 0.25) is 0 Å². The number of hydrogen-bond acceptors (Lipinski definition) is 3. The predicted molar refractivity (Wildman–Crippen MR) is 64.2 cm³/mol. The summed E-state index contributed by atoms with van der Waals surface area (Å²) in [5.74, 6) is 1.04. The lowest BCUT2D eigenvalue weighted by Gasteiger charge is -2.34. The summed E-state index contributed by atoms with van der Waals surface area (Å²) >= 11 is 0. The molecule has 1 aliphatic heterocycles. The first-order valence-electron chi connectivity index (χ1n) is 6.80. The van der Waals surface area contributed by atoms with Crippen LogP contribution < -0.4 is 11.1 Å². The fourth-order valence-electron chi connectivity index (χ4n) is 3.10. The van der Waals surface area contributed by atoms with Crippen molar-refractivity contribution in [2.45, 2.75) is 44.1 Å². The van der Waals surface area contributed by atoms with Crippen LogP contribution in [-0.4, -0.2) is 31.8 Å². The van der Waals surface area contributed by atoms with Crippen LogP contribution in [0.1, 0.15) is 38.5 Å². The van der Waals surface area contributed by atoms with Crippen molar-refractivity contribution in [1.29, 1.82) is 0 Å². The molecule has 3 fully saturated rings. The lowest BCUT2D eigenvalue weighted by molar-refractivity contribution is 0.0526. The monoisotopic (exact) mass is 224 g/mol. The van der Waals surface area contributed by atoms with Crippen LogP contribution >= 0.6 is 0 Å². The second-order valence-electron chi connectivity index (χ2n) is 6.21. The Kier molecular flexibility index (Phi) is 2.73. The van der Waals surface area contributed by atoms with Crippen LogP contribution in [-0.2, 0) is 4.74 Å². The Balaban J connectivity index is 1.42. The van der Waals surface area contributed by atoms with Gasteiger partial charge in [0.05, 0.1) is 0 Å².